The Bertz CT molecular complexity index is 204. The van der Waals surface area contributed by atoms with E-state index in [4.69, 9.17) is 9.84 Å². The van der Waals surface area contributed by atoms with E-state index in [1.807, 2.05) is 0 Å². The average molecular weight is 227 g/mol. The molecule has 0 saturated heterocycles. The first kappa shape index (κ1) is 13.7. The first-order valence-electron chi connectivity index (χ1n) is 6.36. The molecule has 1 N–H and O–H groups in total. The van der Waals surface area contributed by atoms with Crippen molar-refractivity contribution >= 4 is 0 Å². The summed E-state index contributed by atoms with van der Waals surface area (Å²) in [6.07, 6.45) is 8.40. The van der Waals surface area contributed by atoms with Crippen molar-refractivity contribution in [3.8, 4) is 0 Å². The summed E-state index contributed by atoms with van der Waals surface area (Å²) in [5.41, 5.74) is 0. The van der Waals surface area contributed by atoms with Crippen LogP contribution in [-0.2, 0) is 4.74 Å². The van der Waals surface area contributed by atoms with E-state index in [1.165, 1.54) is 19.3 Å². The summed E-state index contributed by atoms with van der Waals surface area (Å²) < 4.78 is 5.34. The van der Waals surface area contributed by atoms with Crippen LogP contribution in [0, 0.1) is 0 Å². The molecule has 0 aliphatic heterocycles. The third-order valence-electron chi connectivity index (χ3n) is 3.05. The first-order valence-corrected chi connectivity index (χ1v) is 6.36. The van der Waals surface area contributed by atoms with Crippen molar-refractivity contribution in [1.29, 1.82) is 0 Å². The van der Waals surface area contributed by atoms with Crippen LogP contribution in [0.25, 0.3) is 0 Å². The number of allylic oxidation sites excluding steroid dienone is 1. The third kappa shape index (κ3) is 4.64. The van der Waals surface area contributed by atoms with Crippen LogP contribution in [0.15, 0.2) is 12.2 Å². The number of ether oxygens (including phenoxy) is 1. The first-order chi connectivity index (χ1) is 7.75. The highest BCUT2D eigenvalue weighted by molar-refractivity contribution is 4.99. The minimum Gasteiger partial charge on any atom is -0.394 e. The maximum absolute atomic E-state index is 8.64. The summed E-state index contributed by atoms with van der Waals surface area (Å²) in [6, 6.07) is 1.12. The van der Waals surface area contributed by atoms with E-state index in [9.17, 15) is 0 Å². The molecule has 0 aromatic rings. The summed E-state index contributed by atoms with van der Waals surface area (Å²) >= 11 is 0. The number of hydrogen-bond donors (Lipinski definition) is 1. The Kier molecular flexibility index (Phi) is 6.69. The van der Waals surface area contributed by atoms with Gasteiger partial charge >= 0.3 is 0 Å². The van der Waals surface area contributed by atoms with Crippen molar-refractivity contribution in [2.24, 2.45) is 0 Å². The van der Waals surface area contributed by atoms with Crippen molar-refractivity contribution < 1.29 is 9.84 Å². The summed E-state index contributed by atoms with van der Waals surface area (Å²) in [6.45, 7) is 6.69. The van der Waals surface area contributed by atoms with Crippen LogP contribution in [-0.4, -0.2) is 48.5 Å². The molecule has 3 nitrogen and oxygen atoms in total. The predicted molar refractivity (Wildman–Crippen MR) is 66.5 cm³/mol. The standard InChI is InChI=1S/C13H25NO2/c1-12(2)14(8-10-16-11-9-15)13-6-4-3-5-7-13/h4,6,12-13,15H,3,5,7-11H2,1-2H3/t13-/m1/s1. The normalized spacial score (nSPS) is 20.9. The maximum Gasteiger partial charge on any atom is 0.0698 e. The molecule has 1 aliphatic rings. The van der Waals surface area contributed by atoms with E-state index < -0.39 is 0 Å². The number of aliphatic hydroxyl groups is 1. The van der Waals surface area contributed by atoms with E-state index in [0.29, 0.717) is 25.3 Å². The fourth-order valence-corrected chi connectivity index (χ4v) is 2.21. The van der Waals surface area contributed by atoms with Gasteiger partial charge in [-0.1, -0.05) is 12.2 Å². The minimum absolute atomic E-state index is 0.116. The maximum atomic E-state index is 8.64. The van der Waals surface area contributed by atoms with Gasteiger partial charge in [0.1, 0.15) is 0 Å². The molecule has 94 valence electrons. The highest BCUT2D eigenvalue weighted by Crippen LogP contribution is 2.18. The van der Waals surface area contributed by atoms with Gasteiger partial charge in [-0.25, -0.2) is 0 Å². The van der Waals surface area contributed by atoms with E-state index in [-0.39, 0.29) is 6.61 Å². The smallest absolute Gasteiger partial charge is 0.0698 e. The number of rotatable bonds is 7. The molecule has 0 aromatic carbocycles. The van der Waals surface area contributed by atoms with Gasteiger partial charge in [0.25, 0.3) is 0 Å². The van der Waals surface area contributed by atoms with Gasteiger partial charge in [0.15, 0.2) is 0 Å². The molecule has 0 unspecified atom stereocenters. The Hall–Kier alpha value is -0.380. The van der Waals surface area contributed by atoms with Gasteiger partial charge in [-0.15, -0.1) is 0 Å². The topological polar surface area (TPSA) is 32.7 Å². The Morgan fingerprint density at radius 2 is 2.25 bits per heavy atom. The molecule has 0 aromatic heterocycles. The monoisotopic (exact) mass is 227 g/mol. The fourth-order valence-electron chi connectivity index (χ4n) is 2.21. The number of aliphatic hydroxyl groups excluding tert-OH is 1. The highest BCUT2D eigenvalue weighted by atomic mass is 16.5. The summed E-state index contributed by atoms with van der Waals surface area (Å²) in [4.78, 5) is 2.48. The van der Waals surface area contributed by atoms with Crippen molar-refractivity contribution in [2.45, 2.75) is 45.2 Å². The van der Waals surface area contributed by atoms with Gasteiger partial charge in [-0.2, -0.15) is 0 Å². The molecule has 1 aliphatic carbocycles. The van der Waals surface area contributed by atoms with Gasteiger partial charge in [0.2, 0.25) is 0 Å². The molecule has 0 fully saturated rings. The molecule has 16 heavy (non-hydrogen) atoms. The van der Waals surface area contributed by atoms with Crippen molar-refractivity contribution in [2.75, 3.05) is 26.4 Å². The number of nitrogens with zero attached hydrogens (tertiary/aromatic N) is 1. The molecule has 0 bridgehead atoms. The third-order valence-corrected chi connectivity index (χ3v) is 3.05. The van der Waals surface area contributed by atoms with E-state index in [2.05, 4.69) is 30.9 Å². The second kappa shape index (κ2) is 7.82. The van der Waals surface area contributed by atoms with E-state index >= 15 is 0 Å². The molecule has 0 spiro atoms. The lowest BCUT2D eigenvalue weighted by Crippen LogP contribution is -2.42. The zero-order valence-electron chi connectivity index (χ0n) is 10.6. The van der Waals surface area contributed by atoms with Crippen LogP contribution in [0.4, 0.5) is 0 Å². The average Bonchev–Trinajstić information content (AvgIpc) is 2.30. The lowest BCUT2D eigenvalue weighted by Gasteiger charge is -2.34. The lowest BCUT2D eigenvalue weighted by atomic mass is 10.0. The van der Waals surface area contributed by atoms with Crippen LogP contribution in [0.1, 0.15) is 33.1 Å². The molecule has 0 radical (unpaired) electrons. The Morgan fingerprint density at radius 1 is 1.44 bits per heavy atom. The van der Waals surface area contributed by atoms with Crippen LogP contribution in [0.3, 0.4) is 0 Å². The van der Waals surface area contributed by atoms with Gasteiger partial charge in [0.05, 0.1) is 19.8 Å². The Labute approximate surface area is 99.1 Å². The Morgan fingerprint density at radius 3 is 2.81 bits per heavy atom. The van der Waals surface area contributed by atoms with Crippen LogP contribution < -0.4 is 0 Å². The molecule has 1 rings (SSSR count). The van der Waals surface area contributed by atoms with Gasteiger partial charge in [0, 0.05) is 18.6 Å². The van der Waals surface area contributed by atoms with Crippen LogP contribution in [0.5, 0.6) is 0 Å². The molecular formula is C13H25NO2. The van der Waals surface area contributed by atoms with Crippen LogP contribution in [0.2, 0.25) is 0 Å². The van der Waals surface area contributed by atoms with Crippen molar-refractivity contribution in [1.82, 2.24) is 4.90 Å². The van der Waals surface area contributed by atoms with E-state index in [0.717, 1.165) is 6.54 Å². The fraction of sp³-hybridized carbons (Fsp3) is 0.846. The zero-order chi connectivity index (χ0) is 11.8. The van der Waals surface area contributed by atoms with Gasteiger partial charge in [-0.05, 0) is 33.1 Å². The van der Waals surface area contributed by atoms with Gasteiger partial charge < -0.3 is 9.84 Å². The van der Waals surface area contributed by atoms with Crippen molar-refractivity contribution in [3.05, 3.63) is 12.2 Å². The number of hydrogen-bond acceptors (Lipinski definition) is 3. The second-order valence-corrected chi connectivity index (χ2v) is 4.59. The van der Waals surface area contributed by atoms with Crippen molar-refractivity contribution in [3.63, 3.8) is 0 Å². The minimum atomic E-state index is 0.116. The zero-order valence-corrected chi connectivity index (χ0v) is 10.6. The summed E-state index contributed by atoms with van der Waals surface area (Å²) in [5, 5.41) is 8.64. The summed E-state index contributed by atoms with van der Waals surface area (Å²) in [5.74, 6) is 0. The molecule has 0 saturated carbocycles. The Balaban J connectivity index is 2.34. The molecular weight excluding hydrogens is 202 g/mol. The largest absolute Gasteiger partial charge is 0.394 e. The second-order valence-electron chi connectivity index (χ2n) is 4.59. The van der Waals surface area contributed by atoms with Gasteiger partial charge in [-0.3, -0.25) is 4.90 Å². The molecule has 0 amide bonds. The lowest BCUT2D eigenvalue weighted by molar-refractivity contribution is 0.0570. The molecule has 3 heteroatoms. The quantitative estimate of drug-likeness (QED) is 0.532. The summed E-state index contributed by atoms with van der Waals surface area (Å²) in [7, 11) is 0. The SMILES string of the molecule is CC(C)N(CCOCCO)[C@@H]1C=CCCC1. The molecule has 1 atom stereocenters. The molecule has 0 heterocycles. The van der Waals surface area contributed by atoms with Crippen LogP contribution >= 0.6 is 0 Å². The predicted octanol–water partition coefficient (Wildman–Crippen LogP) is 1.81. The van der Waals surface area contributed by atoms with E-state index in [1.54, 1.807) is 0 Å². The highest BCUT2D eigenvalue weighted by Gasteiger charge is 2.19.